The van der Waals surface area contributed by atoms with E-state index in [1.165, 1.54) is 0 Å². The van der Waals surface area contributed by atoms with Gasteiger partial charge in [-0.3, -0.25) is 9.63 Å². The molecule has 0 unspecified atom stereocenters. The highest BCUT2D eigenvalue weighted by Gasteiger charge is 2.29. The third-order valence-electron chi connectivity index (χ3n) is 0.948. The molecule has 0 aliphatic rings. The number of hydrogen-bond acceptors (Lipinski definition) is 3. The highest BCUT2D eigenvalue weighted by Crippen LogP contribution is 2.14. The molecule has 0 aliphatic carbocycles. The van der Waals surface area contributed by atoms with Crippen molar-refractivity contribution in [1.29, 1.82) is 0 Å². The Kier molecular flexibility index (Phi) is 6.91. The smallest absolute Gasteiger partial charge is 0.322 e. The number of alkyl halides is 3. The first-order chi connectivity index (χ1) is 5.37. The van der Waals surface area contributed by atoms with Gasteiger partial charge >= 0.3 is 6.18 Å². The van der Waals surface area contributed by atoms with Crippen LogP contribution in [0.15, 0.2) is 0 Å². The molecule has 80 valence electrons. The fourth-order valence-corrected chi connectivity index (χ4v) is 0.371. The molecule has 0 fully saturated rings. The van der Waals surface area contributed by atoms with Crippen molar-refractivity contribution in [3.63, 3.8) is 0 Å². The van der Waals surface area contributed by atoms with Crippen LogP contribution in [-0.2, 0) is 9.63 Å². The Morgan fingerprint density at radius 3 is 2.31 bits per heavy atom. The van der Waals surface area contributed by atoms with E-state index >= 15 is 0 Å². The number of halogens is 4. The van der Waals surface area contributed by atoms with Gasteiger partial charge < -0.3 is 5.73 Å². The normalized spacial score (nSPS) is 10.5. The van der Waals surface area contributed by atoms with E-state index in [-0.39, 0.29) is 19.0 Å². The van der Waals surface area contributed by atoms with Crippen molar-refractivity contribution >= 4 is 18.3 Å². The molecule has 8 heteroatoms. The summed E-state index contributed by atoms with van der Waals surface area (Å²) in [6.07, 6.45) is -4.44. The zero-order chi connectivity index (χ0) is 9.78. The Morgan fingerprint density at radius 2 is 2.00 bits per heavy atom. The molecule has 1 amide bonds. The maximum Gasteiger partial charge on any atom is 0.414 e. The predicted molar refractivity (Wildman–Crippen MR) is 41.1 cm³/mol. The summed E-state index contributed by atoms with van der Waals surface area (Å²) < 4.78 is 34.5. The molecule has 0 aliphatic heterocycles. The minimum atomic E-state index is -4.44. The second kappa shape index (κ2) is 6.01. The summed E-state index contributed by atoms with van der Waals surface area (Å²) >= 11 is 0. The van der Waals surface area contributed by atoms with E-state index in [0.717, 1.165) is 7.05 Å². The summed E-state index contributed by atoms with van der Waals surface area (Å²) in [6, 6.07) is 0. The van der Waals surface area contributed by atoms with E-state index in [2.05, 4.69) is 4.84 Å². The maximum atomic E-state index is 11.5. The van der Waals surface area contributed by atoms with Crippen LogP contribution in [0.3, 0.4) is 0 Å². The Morgan fingerprint density at radius 1 is 1.54 bits per heavy atom. The van der Waals surface area contributed by atoms with Gasteiger partial charge in [0.25, 0.3) is 5.91 Å². The standard InChI is InChI=1S/C5H9F3N2O2.ClH/c1-10(4(11)2-9)12-3-5(6,7)8;/h2-3,9H2,1H3;1H. The van der Waals surface area contributed by atoms with Crippen molar-refractivity contribution in [1.82, 2.24) is 5.06 Å². The van der Waals surface area contributed by atoms with Gasteiger partial charge in [-0.15, -0.1) is 12.4 Å². The fraction of sp³-hybridized carbons (Fsp3) is 0.800. The van der Waals surface area contributed by atoms with E-state index in [9.17, 15) is 18.0 Å². The van der Waals surface area contributed by atoms with E-state index in [1.807, 2.05) is 0 Å². The van der Waals surface area contributed by atoms with Crippen molar-refractivity contribution in [3.8, 4) is 0 Å². The molecule has 13 heavy (non-hydrogen) atoms. The van der Waals surface area contributed by atoms with Crippen LogP contribution in [-0.4, -0.2) is 37.3 Å². The second-order valence-corrected chi connectivity index (χ2v) is 1.98. The predicted octanol–water partition coefficient (Wildman–Crippen LogP) is 0.319. The van der Waals surface area contributed by atoms with E-state index in [1.54, 1.807) is 0 Å². The number of nitrogens with zero attached hydrogens (tertiary/aromatic N) is 1. The van der Waals surface area contributed by atoms with Crippen LogP contribution >= 0.6 is 12.4 Å². The van der Waals surface area contributed by atoms with Gasteiger partial charge in [-0.05, 0) is 0 Å². The first-order valence-electron chi connectivity index (χ1n) is 3.03. The lowest BCUT2D eigenvalue weighted by Gasteiger charge is -2.16. The third kappa shape index (κ3) is 7.82. The molecular formula is C5H10ClF3N2O2. The van der Waals surface area contributed by atoms with E-state index < -0.39 is 18.7 Å². The molecule has 0 aromatic rings. The lowest BCUT2D eigenvalue weighted by Crippen LogP contribution is -2.35. The Balaban J connectivity index is 0. The van der Waals surface area contributed by atoms with Crippen molar-refractivity contribution < 1.29 is 22.8 Å². The fourth-order valence-electron chi connectivity index (χ4n) is 0.371. The minimum Gasteiger partial charge on any atom is -0.322 e. The highest BCUT2D eigenvalue weighted by molar-refractivity contribution is 5.85. The van der Waals surface area contributed by atoms with Crippen LogP contribution < -0.4 is 5.73 Å². The second-order valence-electron chi connectivity index (χ2n) is 1.98. The maximum absolute atomic E-state index is 11.5. The Bertz CT molecular complexity index is 164. The van der Waals surface area contributed by atoms with Gasteiger partial charge in [0.05, 0.1) is 6.54 Å². The summed E-state index contributed by atoms with van der Waals surface area (Å²) in [5, 5.41) is 0.466. The molecule has 0 aromatic carbocycles. The van der Waals surface area contributed by atoms with Crippen molar-refractivity contribution in [2.45, 2.75) is 6.18 Å². The minimum absolute atomic E-state index is 0. The number of hydrogen-bond donors (Lipinski definition) is 1. The van der Waals surface area contributed by atoms with Crippen molar-refractivity contribution in [2.75, 3.05) is 20.2 Å². The zero-order valence-electron chi connectivity index (χ0n) is 6.80. The van der Waals surface area contributed by atoms with Crippen LogP contribution in [0.1, 0.15) is 0 Å². The molecule has 0 radical (unpaired) electrons. The third-order valence-corrected chi connectivity index (χ3v) is 0.948. The monoisotopic (exact) mass is 222 g/mol. The van der Waals surface area contributed by atoms with Gasteiger partial charge in [0.15, 0.2) is 6.61 Å². The molecule has 2 N–H and O–H groups in total. The molecule has 0 spiro atoms. The molecule has 0 rings (SSSR count). The molecule has 4 nitrogen and oxygen atoms in total. The van der Waals surface area contributed by atoms with Gasteiger partial charge in [0, 0.05) is 7.05 Å². The molecule has 0 bridgehead atoms. The molecule has 0 aromatic heterocycles. The van der Waals surface area contributed by atoms with E-state index in [0.29, 0.717) is 5.06 Å². The van der Waals surface area contributed by atoms with Crippen LogP contribution in [0.4, 0.5) is 13.2 Å². The summed E-state index contributed by atoms with van der Waals surface area (Å²) in [5.74, 6) is -0.709. The number of likely N-dealkylation sites (N-methyl/N-ethyl adjacent to an activating group) is 1. The van der Waals surface area contributed by atoms with E-state index in [4.69, 9.17) is 5.73 Å². The van der Waals surface area contributed by atoms with Gasteiger partial charge in [-0.1, -0.05) is 0 Å². The Labute approximate surface area is 79.2 Å². The number of nitrogens with two attached hydrogens (primary N) is 1. The number of amides is 1. The van der Waals surface area contributed by atoms with Gasteiger partial charge in [0.1, 0.15) is 0 Å². The van der Waals surface area contributed by atoms with Crippen LogP contribution in [0, 0.1) is 0 Å². The largest absolute Gasteiger partial charge is 0.414 e. The first-order valence-corrected chi connectivity index (χ1v) is 3.03. The van der Waals surface area contributed by atoms with Gasteiger partial charge in [0.2, 0.25) is 0 Å². The number of rotatable bonds is 3. The summed E-state index contributed by atoms with van der Waals surface area (Å²) in [6.45, 7) is -1.87. The summed E-state index contributed by atoms with van der Waals surface area (Å²) in [4.78, 5) is 14.6. The molecule has 0 atom stereocenters. The Hall–Kier alpha value is -0.530. The summed E-state index contributed by atoms with van der Waals surface area (Å²) in [5.41, 5.74) is 4.86. The lowest BCUT2D eigenvalue weighted by molar-refractivity contribution is -0.239. The topological polar surface area (TPSA) is 55.6 Å². The van der Waals surface area contributed by atoms with Gasteiger partial charge in [-0.2, -0.15) is 13.2 Å². The average Bonchev–Trinajstić information content (AvgIpc) is 1.97. The molecule has 0 saturated heterocycles. The molecule has 0 heterocycles. The lowest BCUT2D eigenvalue weighted by atomic mass is 10.6. The first kappa shape index (κ1) is 15.0. The highest BCUT2D eigenvalue weighted by atomic mass is 35.5. The SMILES string of the molecule is CN(OCC(F)(F)F)C(=O)CN.Cl. The van der Waals surface area contributed by atoms with Crippen LogP contribution in [0.2, 0.25) is 0 Å². The van der Waals surface area contributed by atoms with Crippen LogP contribution in [0.25, 0.3) is 0 Å². The van der Waals surface area contributed by atoms with Crippen molar-refractivity contribution in [3.05, 3.63) is 0 Å². The molecule has 0 saturated carbocycles. The van der Waals surface area contributed by atoms with Gasteiger partial charge in [-0.25, -0.2) is 5.06 Å². The number of carbonyl (C=O) groups is 1. The zero-order valence-corrected chi connectivity index (χ0v) is 7.61. The van der Waals surface area contributed by atoms with Crippen LogP contribution in [0.5, 0.6) is 0 Å². The van der Waals surface area contributed by atoms with Crippen molar-refractivity contribution in [2.24, 2.45) is 5.73 Å². The quantitative estimate of drug-likeness (QED) is 0.700. The number of hydroxylamine groups is 2. The average molecular weight is 223 g/mol. The summed E-state index contributed by atoms with van der Waals surface area (Å²) in [7, 11) is 1.07. The molecular weight excluding hydrogens is 213 g/mol. The number of carbonyl (C=O) groups excluding carboxylic acids is 1.